The number of anilines is 1. The normalized spacial score (nSPS) is 18.6. The van der Waals surface area contributed by atoms with Crippen molar-refractivity contribution in [2.24, 2.45) is 0 Å². The Morgan fingerprint density at radius 3 is 2.69 bits per heavy atom. The van der Waals surface area contributed by atoms with Gasteiger partial charge in [-0.15, -0.1) is 0 Å². The second kappa shape index (κ2) is 6.56. The number of urea groups is 1. The number of aryl methyl sites for hydroxylation is 1. The van der Waals surface area contributed by atoms with Crippen molar-refractivity contribution in [3.8, 4) is 0 Å². The van der Waals surface area contributed by atoms with Gasteiger partial charge in [-0.3, -0.25) is 23.8 Å². The summed E-state index contributed by atoms with van der Waals surface area (Å²) in [7, 11) is 1.81. The largest absolute Gasteiger partial charge is 0.326 e. The Labute approximate surface area is 151 Å². The predicted molar refractivity (Wildman–Crippen MR) is 96.3 cm³/mol. The van der Waals surface area contributed by atoms with Gasteiger partial charge in [-0.2, -0.15) is 5.10 Å². The van der Waals surface area contributed by atoms with Gasteiger partial charge in [0.15, 0.2) is 0 Å². The van der Waals surface area contributed by atoms with Gasteiger partial charge < -0.3 is 4.90 Å². The third kappa shape index (κ3) is 3.10. The lowest BCUT2D eigenvalue weighted by molar-refractivity contribution is 0.0942. The second-order valence-electron chi connectivity index (χ2n) is 7.01. The van der Waals surface area contributed by atoms with Crippen LogP contribution >= 0.6 is 0 Å². The van der Waals surface area contributed by atoms with Crippen molar-refractivity contribution in [3.63, 3.8) is 0 Å². The molecule has 2 aliphatic heterocycles. The van der Waals surface area contributed by atoms with Crippen LogP contribution in [0.5, 0.6) is 0 Å². The van der Waals surface area contributed by atoms with Crippen molar-refractivity contribution in [2.75, 3.05) is 44.7 Å². The highest BCUT2D eigenvalue weighted by Gasteiger charge is 2.31. The quantitative estimate of drug-likeness (QED) is 0.763. The summed E-state index contributed by atoms with van der Waals surface area (Å²) in [5, 5.41) is 4.43. The van der Waals surface area contributed by atoms with E-state index in [0.717, 1.165) is 37.6 Å². The minimum Gasteiger partial charge on any atom is -0.326 e. The van der Waals surface area contributed by atoms with E-state index in [9.17, 15) is 9.59 Å². The average molecular weight is 357 g/mol. The molecular formula is C17H23N7O2. The van der Waals surface area contributed by atoms with E-state index < -0.39 is 0 Å². The average Bonchev–Trinajstić information content (AvgIpc) is 3.16. The van der Waals surface area contributed by atoms with Gasteiger partial charge in [0.25, 0.3) is 5.56 Å². The fourth-order valence-corrected chi connectivity index (χ4v) is 3.38. The molecule has 2 saturated heterocycles. The third-order valence-electron chi connectivity index (χ3n) is 5.10. The second-order valence-corrected chi connectivity index (χ2v) is 7.01. The first-order valence-corrected chi connectivity index (χ1v) is 8.83. The third-order valence-corrected chi connectivity index (χ3v) is 5.10. The van der Waals surface area contributed by atoms with Crippen molar-refractivity contribution in [2.45, 2.75) is 19.5 Å². The molecule has 0 saturated carbocycles. The smallest absolute Gasteiger partial charge is 0.324 e. The van der Waals surface area contributed by atoms with Gasteiger partial charge in [-0.05, 0) is 6.92 Å². The SMILES string of the molecule is Cc1cc(=O)n(CCN2CC(n3cc(N4CCN(C)C4=O)cn3)C2)cn1. The minimum absolute atomic E-state index is 0.00783. The molecule has 2 fully saturated rings. The lowest BCUT2D eigenvalue weighted by Gasteiger charge is -2.39. The summed E-state index contributed by atoms with van der Waals surface area (Å²) in [6.07, 6.45) is 5.32. The summed E-state index contributed by atoms with van der Waals surface area (Å²) >= 11 is 0. The van der Waals surface area contributed by atoms with Crippen LogP contribution in [-0.4, -0.2) is 74.9 Å². The molecule has 9 nitrogen and oxygen atoms in total. The first-order valence-electron chi connectivity index (χ1n) is 8.83. The van der Waals surface area contributed by atoms with Crippen LogP contribution in [0.1, 0.15) is 11.7 Å². The van der Waals surface area contributed by atoms with Crippen molar-refractivity contribution >= 4 is 11.7 Å². The van der Waals surface area contributed by atoms with Gasteiger partial charge in [-0.25, -0.2) is 9.78 Å². The first-order chi connectivity index (χ1) is 12.5. The fraction of sp³-hybridized carbons (Fsp3) is 0.529. The summed E-state index contributed by atoms with van der Waals surface area (Å²) in [6.45, 7) is 6.50. The number of likely N-dealkylation sites (N-methyl/N-ethyl adjacent to an activating group) is 1. The standard InChI is InChI=1S/C17H23N7O2/c1-13-7-16(25)22(12-18-13)5-4-21-9-15(10-21)24-11-14(8-19-24)23-6-3-20(2)17(23)26/h7-8,11-12,15H,3-6,9-10H2,1-2H3. The molecule has 2 aromatic heterocycles. The summed E-state index contributed by atoms with van der Waals surface area (Å²) in [5.41, 5.74) is 1.59. The maximum Gasteiger partial charge on any atom is 0.324 e. The summed E-state index contributed by atoms with van der Waals surface area (Å²) in [6, 6.07) is 1.89. The van der Waals surface area contributed by atoms with Crippen LogP contribution in [0.4, 0.5) is 10.5 Å². The molecule has 0 bridgehead atoms. The van der Waals surface area contributed by atoms with E-state index in [-0.39, 0.29) is 11.6 Å². The lowest BCUT2D eigenvalue weighted by atomic mass is 10.1. The number of carbonyl (C=O) groups excluding carboxylic acids is 1. The zero-order valence-corrected chi connectivity index (χ0v) is 15.1. The minimum atomic E-state index is -0.00783. The molecule has 138 valence electrons. The molecule has 0 atom stereocenters. The molecule has 4 rings (SSSR count). The Bertz CT molecular complexity index is 868. The van der Waals surface area contributed by atoms with Crippen molar-refractivity contribution in [1.29, 1.82) is 0 Å². The molecular weight excluding hydrogens is 334 g/mol. The number of likely N-dealkylation sites (tertiary alicyclic amines) is 1. The van der Waals surface area contributed by atoms with Crippen molar-refractivity contribution in [3.05, 3.63) is 40.8 Å². The van der Waals surface area contributed by atoms with E-state index in [1.807, 2.05) is 24.9 Å². The maximum absolute atomic E-state index is 12.1. The number of nitrogens with zero attached hydrogens (tertiary/aromatic N) is 7. The Morgan fingerprint density at radius 1 is 1.19 bits per heavy atom. The summed E-state index contributed by atoms with van der Waals surface area (Å²) < 4.78 is 3.58. The van der Waals surface area contributed by atoms with Gasteiger partial charge in [-0.1, -0.05) is 0 Å². The molecule has 4 heterocycles. The van der Waals surface area contributed by atoms with Crippen LogP contribution in [-0.2, 0) is 6.54 Å². The monoisotopic (exact) mass is 357 g/mol. The number of rotatable bonds is 5. The van der Waals surface area contributed by atoms with E-state index in [1.165, 1.54) is 0 Å². The number of hydrogen-bond donors (Lipinski definition) is 0. The summed E-state index contributed by atoms with van der Waals surface area (Å²) in [5.74, 6) is 0. The first kappa shape index (κ1) is 16.8. The molecule has 0 radical (unpaired) electrons. The fourth-order valence-electron chi connectivity index (χ4n) is 3.38. The number of aromatic nitrogens is 4. The van der Waals surface area contributed by atoms with Crippen LogP contribution in [0.25, 0.3) is 0 Å². The predicted octanol–water partition coefficient (Wildman–Crippen LogP) is 0.177. The zero-order chi connectivity index (χ0) is 18.3. The molecule has 0 spiro atoms. The molecule has 2 aliphatic rings. The highest BCUT2D eigenvalue weighted by molar-refractivity contribution is 5.93. The Kier molecular flexibility index (Phi) is 4.23. The highest BCUT2D eigenvalue weighted by atomic mass is 16.2. The van der Waals surface area contributed by atoms with E-state index in [2.05, 4.69) is 15.0 Å². The molecule has 0 aromatic carbocycles. The molecule has 0 N–H and O–H groups in total. The molecule has 0 unspecified atom stereocenters. The molecule has 26 heavy (non-hydrogen) atoms. The number of amides is 2. The molecule has 9 heteroatoms. The Hall–Kier alpha value is -2.68. The van der Waals surface area contributed by atoms with Crippen LogP contribution < -0.4 is 10.5 Å². The Morgan fingerprint density at radius 2 is 2.00 bits per heavy atom. The zero-order valence-electron chi connectivity index (χ0n) is 15.1. The topological polar surface area (TPSA) is 79.5 Å². The lowest BCUT2D eigenvalue weighted by Crippen LogP contribution is -2.49. The Balaban J connectivity index is 1.30. The van der Waals surface area contributed by atoms with Crippen LogP contribution in [0, 0.1) is 6.92 Å². The molecule has 2 amide bonds. The van der Waals surface area contributed by atoms with Crippen molar-refractivity contribution < 1.29 is 4.79 Å². The molecule has 2 aromatic rings. The van der Waals surface area contributed by atoms with E-state index in [0.29, 0.717) is 19.1 Å². The van der Waals surface area contributed by atoms with E-state index >= 15 is 0 Å². The van der Waals surface area contributed by atoms with E-state index in [4.69, 9.17) is 0 Å². The van der Waals surface area contributed by atoms with E-state index in [1.54, 1.807) is 33.0 Å². The van der Waals surface area contributed by atoms with Gasteiger partial charge in [0.05, 0.1) is 24.3 Å². The number of hydrogen-bond acceptors (Lipinski definition) is 5. The highest BCUT2D eigenvalue weighted by Crippen LogP contribution is 2.24. The molecule has 0 aliphatic carbocycles. The van der Waals surface area contributed by atoms with Crippen molar-refractivity contribution in [1.82, 2.24) is 29.1 Å². The van der Waals surface area contributed by atoms with Gasteiger partial charge in [0, 0.05) is 64.3 Å². The van der Waals surface area contributed by atoms with Gasteiger partial charge in [0.1, 0.15) is 0 Å². The number of carbonyl (C=O) groups is 1. The summed E-state index contributed by atoms with van der Waals surface area (Å²) in [4.78, 5) is 33.9. The van der Waals surface area contributed by atoms with Gasteiger partial charge >= 0.3 is 6.03 Å². The van der Waals surface area contributed by atoms with Crippen LogP contribution in [0.15, 0.2) is 29.6 Å². The van der Waals surface area contributed by atoms with Crippen LogP contribution in [0.2, 0.25) is 0 Å². The van der Waals surface area contributed by atoms with Gasteiger partial charge in [0.2, 0.25) is 0 Å². The van der Waals surface area contributed by atoms with Crippen LogP contribution in [0.3, 0.4) is 0 Å². The maximum atomic E-state index is 12.1.